The van der Waals surface area contributed by atoms with Crippen LogP contribution in [0.5, 0.6) is 11.5 Å². The van der Waals surface area contributed by atoms with Crippen molar-refractivity contribution < 1.29 is 14.7 Å². The average Bonchev–Trinajstić information content (AvgIpc) is 2.83. The molecule has 0 spiro atoms. The lowest BCUT2D eigenvalue weighted by Crippen LogP contribution is -2.18. The summed E-state index contributed by atoms with van der Waals surface area (Å²) >= 11 is 6.08. The van der Waals surface area contributed by atoms with Gasteiger partial charge in [-0.15, -0.1) is 0 Å². The van der Waals surface area contributed by atoms with Gasteiger partial charge >= 0.3 is 0 Å². The number of ether oxygens (including phenoxy) is 1. The van der Waals surface area contributed by atoms with E-state index in [2.05, 4.69) is 0 Å². The van der Waals surface area contributed by atoms with Gasteiger partial charge in [-0.2, -0.15) is 0 Å². The highest BCUT2D eigenvalue weighted by molar-refractivity contribution is 6.30. The van der Waals surface area contributed by atoms with Gasteiger partial charge in [0.25, 0.3) is 5.91 Å². The molecule has 0 saturated carbocycles. The van der Waals surface area contributed by atoms with E-state index in [4.69, 9.17) is 26.5 Å². The highest BCUT2D eigenvalue weighted by Gasteiger charge is 2.19. The molecule has 6 heteroatoms. The lowest BCUT2D eigenvalue weighted by atomic mass is 10.00. The Morgan fingerprint density at radius 3 is 2.54 bits per heavy atom. The monoisotopic (exact) mass is 364 g/mol. The first-order valence-corrected chi connectivity index (χ1v) is 8.24. The van der Waals surface area contributed by atoms with Crippen molar-refractivity contribution in [3.8, 4) is 11.5 Å². The Labute approximate surface area is 154 Å². The van der Waals surface area contributed by atoms with Gasteiger partial charge in [-0.1, -0.05) is 35.9 Å². The lowest BCUT2D eigenvalue weighted by molar-refractivity contribution is 0.0706. The minimum absolute atomic E-state index is 0.349. The molecule has 2 N–H and O–H groups in total. The maximum atomic E-state index is 11.5. The first kappa shape index (κ1) is 16.3. The molecule has 5 nitrogen and oxygen atoms in total. The smallest absolute Gasteiger partial charge is 0.274 e. The molecule has 1 amide bonds. The average molecular weight is 365 g/mol. The molecular formula is C20H13ClN2O3. The Hall–Kier alpha value is -3.15. The molecule has 0 atom stereocenters. The first-order valence-electron chi connectivity index (χ1n) is 7.86. The highest BCUT2D eigenvalue weighted by Crippen LogP contribution is 2.40. The number of hydroxylamine groups is 1. The Morgan fingerprint density at radius 2 is 1.77 bits per heavy atom. The number of halogens is 1. The minimum atomic E-state index is -0.567. The largest absolute Gasteiger partial charge is 0.454 e. The number of rotatable bonds is 2. The molecule has 0 fully saturated rings. The third-order valence-corrected chi connectivity index (χ3v) is 4.27. The third kappa shape index (κ3) is 2.94. The van der Waals surface area contributed by atoms with E-state index < -0.39 is 5.91 Å². The van der Waals surface area contributed by atoms with Gasteiger partial charge in [0.2, 0.25) is 0 Å². The van der Waals surface area contributed by atoms with Crippen LogP contribution in [0.4, 0.5) is 5.69 Å². The number of nitrogens with one attached hydrogen (secondary N) is 1. The molecular weight excluding hydrogens is 352 g/mol. The summed E-state index contributed by atoms with van der Waals surface area (Å²) in [5.74, 6) is 0.684. The van der Waals surface area contributed by atoms with Gasteiger partial charge in [0.15, 0.2) is 5.75 Å². The number of carbonyl (C=O) groups is 1. The number of hydrogen-bond donors (Lipinski definition) is 2. The summed E-state index contributed by atoms with van der Waals surface area (Å²) in [4.78, 5) is 16.3. The van der Waals surface area contributed by atoms with Crippen LogP contribution in [0.1, 0.15) is 21.5 Å². The normalized spacial score (nSPS) is 12.2. The van der Waals surface area contributed by atoms with Crippen LogP contribution in [0, 0.1) is 0 Å². The fourth-order valence-electron chi connectivity index (χ4n) is 2.78. The second kappa shape index (κ2) is 6.63. The van der Waals surface area contributed by atoms with Crippen LogP contribution in [-0.4, -0.2) is 16.8 Å². The van der Waals surface area contributed by atoms with E-state index in [0.717, 1.165) is 16.8 Å². The number of para-hydroxylation sites is 1. The molecule has 0 aromatic heterocycles. The number of aliphatic imine (C=N–C) groups is 1. The highest BCUT2D eigenvalue weighted by atomic mass is 35.5. The maximum Gasteiger partial charge on any atom is 0.274 e. The number of benzene rings is 3. The molecule has 1 aliphatic rings. The summed E-state index contributed by atoms with van der Waals surface area (Å²) in [6.07, 6.45) is 0. The van der Waals surface area contributed by atoms with Crippen molar-refractivity contribution in [3.05, 3.63) is 88.4 Å². The topological polar surface area (TPSA) is 70.9 Å². The fourth-order valence-corrected chi connectivity index (χ4v) is 2.94. The number of amides is 1. The SMILES string of the molecule is O=C(NO)c1ccc(C2=Nc3ccc(Cl)cc3Oc3ccccc32)cc1. The Morgan fingerprint density at radius 1 is 1.00 bits per heavy atom. The van der Waals surface area contributed by atoms with E-state index in [1.165, 1.54) is 0 Å². The fraction of sp³-hybridized carbons (Fsp3) is 0. The summed E-state index contributed by atoms with van der Waals surface area (Å²) in [6, 6.07) is 19.7. The molecule has 26 heavy (non-hydrogen) atoms. The molecule has 3 aromatic carbocycles. The van der Waals surface area contributed by atoms with Crippen molar-refractivity contribution >= 4 is 28.9 Å². The summed E-state index contributed by atoms with van der Waals surface area (Å²) in [7, 11) is 0. The van der Waals surface area contributed by atoms with Crippen LogP contribution in [-0.2, 0) is 0 Å². The molecule has 0 bridgehead atoms. The lowest BCUT2D eigenvalue weighted by Gasteiger charge is -2.10. The quantitative estimate of drug-likeness (QED) is 0.399. The van der Waals surface area contributed by atoms with E-state index in [9.17, 15) is 4.79 Å². The van der Waals surface area contributed by atoms with Gasteiger partial charge in [-0.3, -0.25) is 10.0 Å². The van der Waals surface area contributed by atoms with Gasteiger partial charge in [-0.05, 0) is 36.4 Å². The van der Waals surface area contributed by atoms with Crippen LogP contribution in [0.2, 0.25) is 5.02 Å². The van der Waals surface area contributed by atoms with Crippen LogP contribution in [0.3, 0.4) is 0 Å². The van der Waals surface area contributed by atoms with Crippen molar-refractivity contribution in [1.29, 1.82) is 0 Å². The summed E-state index contributed by atoms with van der Waals surface area (Å²) in [5, 5.41) is 9.32. The predicted molar refractivity (Wildman–Crippen MR) is 99.0 cm³/mol. The number of hydrogen-bond acceptors (Lipinski definition) is 4. The first-order chi connectivity index (χ1) is 12.7. The van der Waals surface area contributed by atoms with E-state index >= 15 is 0 Å². The van der Waals surface area contributed by atoms with Crippen molar-refractivity contribution in [2.24, 2.45) is 4.99 Å². The standard InChI is InChI=1S/C20H13ClN2O3/c21-14-9-10-16-18(11-14)26-17-4-2-1-3-15(17)19(22-16)12-5-7-13(8-6-12)20(24)23-25/h1-11,25H,(H,23,24). The minimum Gasteiger partial charge on any atom is -0.454 e. The van der Waals surface area contributed by atoms with Gasteiger partial charge in [0, 0.05) is 27.8 Å². The molecule has 1 aliphatic heterocycles. The molecule has 128 valence electrons. The van der Waals surface area contributed by atoms with Crippen molar-refractivity contribution in [2.45, 2.75) is 0 Å². The van der Waals surface area contributed by atoms with Crippen LogP contribution in [0.25, 0.3) is 0 Å². The van der Waals surface area contributed by atoms with Crippen LogP contribution in [0.15, 0.2) is 71.7 Å². The second-order valence-electron chi connectivity index (χ2n) is 5.69. The van der Waals surface area contributed by atoms with Crippen LogP contribution < -0.4 is 10.2 Å². The predicted octanol–water partition coefficient (Wildman–Crippen LogP) is 4.73. The zero-order chi connectivity index (χ0) is 18.1. The molecule has 0 unspecified atom stereocenters. The van der Waals surface area contributed by atoms with Crippen molar-refractivity contribution in [2.75, 3.05) is 0 Å². The molecule has 3 aromatic rings. The maximum absolute atomic E-state index is 11.5. The van der Waals surface area contributed by atoms with E-state index in [1.54, 1.807) is 47.9 Å². The number of carbonyl (C=O) groups excluding carboxylic acids is 1. The zero-order valence-electron chi connectivity index (χ0n) is 13.4. The summed E-state index contributed by atoms with van der Waals surface area (Å²) in [5.41, 5.74) is 5.01. The van der Waals surface area contributed by atoms with E-state index in [1.807, 2.05) is 24.3 Å². The summed E-state index contributed by atoms with van der Waals surface area (Å²) < 4.78 is 6.02. The Bertz CT molecular complexity index is 1030. The molecule has 0 aliphatic carbocycles. The van der Waals surface area contributed by atoms with E-state index in [-0.39, 0.29) is 0 Å². The third-order valence-electron chi connectivity index (χ3n) is 4.04. The zero-order valence-corrected chi connectivity index (χ0v) is 14.2. The molecule has 0 radical (unpaired) electrons. The second-order valence-corrected chi connectivity index (χ2v) is 6.13. The summed E-state index contributed by atoms with van der Waals surface area (Å²) in [6.45, 7) is 0. The van der Waals surface area contributed by atoms with Gasteiger partial charge in [-0.25, -0.2) is 10.5 Å². The van der Waals surface area contributed by atoms with Gasteiger partial charge < -0.3 is 4.74 Å². The Kier molecular flexibility index (Phi) is 4.16. The Balaban J connectivity index is 1.87. The number of nitrogens with zero attached hydrogens (tertiary/aromatic N) is 1. The van der Waals surface area contributed by atoms with E-state index in [0.29, 0.717) is 27.8 Å². The molecule has 4 rings (SSSR count). The molecule has 1 heterocycles. The number of fused-ring (bicyclic) bond motifs is 2. The molecule has 0 saturated heterocycles. The van der Waals surface area contributed by atoms with Crippen molar-refractivity contribution in [3.63, 3.8) is 0 Å². The van der Waals surface area contributed by atoms with Crippen LogP contribution >= 0.6 is 11.6 Å². The van der Waals surface area contributed by atoms with Crippen molar-refractivity contribution in [1.82, 2.24) is 5.48 Å². The van der Waals surface area contributed by atoms with Gasteiger partial charge in [0.1, 0.15) is 11.4 Å². The van der Waals surface area contributed by atoms with Gasteiger partial charge in [0.05, 0.1) is 5.71 Å².